The van der Waals surface area contributed by atoms with Gasteiger partial charge in [0.1, 0.15) is 18.1 Å². The van der Waals surface area contributed by atoms with Crippen LogP contribution < -0.4 is 15.2 Å². The van der Waals surface area contributed by atoms with Crippen LogP contribution in [0.1, 0.15) is 24.6 Å². The number of hydrogen-bond acceptors (Lipinski definition) is 4. The Hall–Kier alpha value is -2.07. The second-order valence-corrected chi connectivity index (χ2v) is 4.47. The molecule has 0 radical (unpaired) electrons. The van der Waals surface area contributed by atoms with Crippen molar-refractivity contribution in [3.05, 3.63) is 53.9 Å². The Balaban J connectivity index is 1.89. The van der Waals surface area contributed by atoms with Crippen molar-refractivity contribution in [2.75, 3.05) is 6.61 Å². The summed E-state index contributed by atoms with van der Waals surface area (Å²) in [4.78, 5) is 4.16. The van der Waals surface area contributed by atoms with Gasteiger partial charge in [-0.3, -0.25) is 4.98 Å². The molecule has 2 aromatic rings. The standard InChI is InChI=1S/C16H20N2O2/c1-2-9-19-15-3-5-16(6-4-15)20-12-13-7-8-18-14(10-13)11-17/h3-8,10H,2,9,11-12,17H2,1H3. The third kappa shape index (κ3) is 4.24. The number of pyridine rings is 1. The van der Waals surface area contributed by atoms with E-state index in [-0.39, 0.29) is 0 Å². The molecule has 0 spiro atoms. The Bertz CT molecular complexity index is 526. The summed E-state index contributed by atoms with van der Waals surface area (Å²) in [5, 5.41) is 0. The summed E-state index contributed by atoms with van der Waals surface area (Å²) >= 11 is 0. The Morgan fingerprint density at radius 1 is 1.05 bits per heavy atom. The van der Waals surface area contributed by atoms with Crippen LogP contribution in [-0.2, 0) is 13.2 Å². The van der Waals surface area contributed by atoms with Crippen LogP contribution >= 0.6 is 0 Å². The minimum absolute atomic E-state index is 0.442. The highest BCUT2D eigenvalue weighted by Crippen LogP contribution is 2.18. The average molecular weight is 272 g/mol. The predicted molar refractivity (Wildman–Crippen MR) is 78.7 cm³/mol. The molecule has 0 aliphatic rings. The molecule has 1 aromatic carbocycles. The smallest absolute Gasteiger partial charge is 0.120 e. The fourth-order valence-corrected chi connectivity index (χ4v) is 1.75. The molecule has 0 saturated heterocycles. The molecule has 2 rings (SSSR count). The van der Waals surface area contributed by atoms with Crippen LogP contribution in [0.25, 0.3) is 0 Å². The number of nitrogens with zero attached hydrogens (tertiary/aromatic N) is 1. The van der Waals surface area contributed by atoms with Gasteiger partial charge in [-0.2, -0.15) is 0 Å². The van der Waals surface area contributed by atoms with Crippen molar-refractivity contribution in [1.29, 1.82) is 0 Å². The van der Waals surface area contributed by atoms with E-state index in [1.807, 2.05) is 36.4 Å². The minimum Gasteiger partial charge on any atom is -0.494 e. The van der Waals surface area contributed by atoms with E-state index in [2.05, 4.69) is 11.9 Å². The van der Waals surface area contributed by atoms with Crippen LogP contribution in [0.5, 0.6) is 11.5 Å². The van der Waals surface area contributed by atoms with Crippen molar-refractivity contribution in [3.63, 3.8) is 0 Å². The minimum atomic E-state index is 0.442. The van der Waals surface area contributed by atoms with Gasteiger partial charge < -0.3 is 15.2 Å². The molecule has 0 saturated carbocycles. The van der Waals surface area contributed by atoms with Crippen LogP contribution in [0, 0.1) is 0 Å². The second kappa shape index (κ2) is 7.50. The van der Waals surface area contributed by atoms with Crippen molar-refractivity contribution < 1.29 is 9.47 Å². The molecule has 0 bridgehead atoms. The van der Waals surface area contributed by atoms with E-state index >= 15 is 0 Å². The maximum Gasteiger partial charge on any atom is 0.120 e. The van der Waals surface area contributed by atoms with Gasteiger partial charge in [-0.05, 0) is 48.4 Å². The Kier molecular flexibility index (Phi) is 5.38. The van der Waals surface area contributed by atoms with E-state index in [9.17, 15) is 0 Å². The highest BCUT2D eigenvalue weighted by Gasteiger charge is 1.99. The van der Waals surface area contributed by atoms with E-state index in [4.69, 9.17) is 15.2 Å². The zero-order chi connectivity index (χ0) is 14.2. The summed E-state index contributed by atoms with van der Waals surface area (Å²) in [6, 6.07) is 11.5. The van der Waals surface area contributed by atoms with E-state index in [0.717, 1.165) is 35.8 Å². The first-order valence-corrected chi connectivity index (χ1v) is 6.81. The monoisotopic (exact) mass is 272 g/mol. The van der Waals surface area contributed by atoms with Gasteiger partial charge in [0.05, 0.1) is 12.3 Å². The van der Waals surface area contributed by atoms with Gasteiger partial charge in [0.2, 0.25) is 0 Å². The molecule has 0 aliphatic carbocycles. The lowest BCUT2D eigenvalue weighted by Crippen LogP contribution is -2.02. The van der Waals surface area contributed by atoms with Crippen LogP contribution in [0.15, 0.2) is 42.6 Å². The number of ether oxygens (including phenoxy) is 2. The normalized spacial score (nSPS) is 10.3. The van der Waals surface area contributed by atoms with Crippen LogP contribution in [-0.4, -0.2) is 11.6 Å². The molecule has 0 unspecified atom stereocenters. The fourth-order valence-electron chi connectivity index (χ4n) is 1.75. The summed E-state index contributed by atoms with van der Waals surface area (Å²) < 4.78 is 11.3. The quantitative estimate of drug-likeness (QED) is 0.842. The first-order valence-electron chi connectivity index (χ1n) is 6.81. The lowest BCUT2D eigenvalue weighted by Gasteiger charge is -2.08. The molecule has 4 nitrogen and oxygen atoms in total. The maximum absolute atomic E-state index is 5.73. The molecule has 106 valence electrons. The molecule has 0 amide bonds. The lowest BCUT2D eigenvalue weighted by atomic mass is 10.2. The highest BCUT2D eigenvalue weighted by atomic mass is 16.5. The van der Waals surface area contributed by atoms with Crippen molar-refractivity contribution >= 4 is 0 Å². The van der Waals surface area contributed by atoms with Gasteiger partial charge in [0.25, 0.3) is 0 Å². The van der Waals surface area contributed by atoms with E-state index < -0.39 is 0 Å². The summed E-state index contributed by atoms with van der Waals surface area (Å²) in [6.07, 6.45) is 2.76. The highest BCUT2D eigenvalue weighted by molar-refractivity contribution is 5.31. The number of hydrogen-bond donors (Lipinski definition) is 1. The van der Waals surface area contributed by atoms with Crippen molar-refractivity contribution in [2.45, 2.75) is 26.5 Å². The van der Waals surface area contributed by atoms with E-state index in [1.54, 1.807) is 6.20 Å². The number of nitrogens with two attached hydrogens (primary N) is 1. The first kappa shape index (κ1) is 14.3. The third-order valence-electron chi connectivity index (χ3n) is 2.79. The van der Waals surface area contributed by atoms with Gasteiger partial charge in [-0.15, -0.1) is 0 Å². The first-order chi connectivity index (χ1) is 9.81. The molecule has 1 aromatic heterocycles. The van der Waals surface area contributed by atoms with Gasteiger partial charge >= 0.3 is 0 Å². The Labute approximate surface area is 119 Å². The summed E-state index contributed by atoms with van der Waals surface area (Å²) in [5.41, 5.74) is 7.50. The van der Waals surface area contributed by atoms with Gasteiger partial charge in [-0.1, -0.05) is 6.92 Å². The zero-order valence-electron chi connectivity index (χ0n) is 11.7. The molecule has 4 heteroatoms. The second-order valence-electron chi connectivity index (χ2n) is 4.47. The molecule has 1 heterocycles. The molecular weight excluding hydrogens is 252 g/mol. The zero-order valence-corrected chi connectivity index (χ0v) is 11.7. The molecule has 20 heavy (non-hydrogen) atoms. The lowest BCUT2D eigenvalue weighted by molar-refractivity contribution is 0.301. The summed E-state index contributed by atoms with van der Waals surface area (Å²) in [5.74, 6) is 1.69. The van der Waals surface area contributed by atoms with Gasteiger partial charge in [0.15, 0.2) is 0 Å². The molecular formula is C16H20N2O2. The van der Waals surface area contributed by atoms with Crippen molar-refractivity contribution in [2.24, 2.45) is 5.73 Å². The van der Waals surface area contributed by atoms with Gasteiger partial charge in [0, 0.05) is 12.7 Å². The van der Waals surface area contributed by atoms with Crippen molar-refractivity contribution in [1.82, 2.24) is 4.98 Å². The number of benzene rings is 1. The van der Waals surface area contributed by atoms with Crippen LogP contribution in [0.3, 0.4) is 0 Å². The SMILES string of the molecule is CCCOc1ccc(OCc2ccnc(CN)c2)cc1. The van der Waals surface area contributed by atoms with Crippen molar-refractivity contribution in [3.8, 4) is 11.5 Å². The summed E-state index contributed by atoms with van der Waals surface area (Å²) in [7, 11) is 0. The molecule has 0 atom stereocenters. The molecule has 0 aliphatic heterocycles. The maximum atomic E-state index is 5.73. The fraction of sp³-hybridized carbons (Fsp3) is 0.312. The molecule has 2 N–H and O–H groups in total. The number of aromatic nitrogens is 1. The van der Waals surface area contributed by atoms with Gasteiger partial charge in [-0.25, -0.2) is 0 Å². The van der Waals surface area contributed by atoms with Crippen LogP contribution in [0.2, 0.25) is 0 Å². The predicted octanol–water partition coefficient (Wildman–Crippen LogP) is 2.91. The largest absolute Gasteiger partial charge is 0.494 e. The number of rotatable bonds is 7. The van der Waals surface area contributed by atoms with E-state index in [1.165, 1.54) is 0 Å². The Morgan fingerprint density at radius 3 is 2.40 bits per heavy atom. The van der Waals surface area contributed by atoms with Crippen LogP contribution in [0.4, 0.5) is 0 Å². The third-order valence-corrected chi connectivity index (χ3v) is 2.79. The average Bonchev–Trinajstić information content (AvgIpc) is 2.52. The summed E-state index contributed by atoms with van der Waals surface area (Å²) in [6.45, 7) is 3.77. The van der Waals surface area contributed by atoms with E-state index in [0.29, 0.717) is 13.2 Å². The Morgan fingerprint density at radius 2 is 1.75 bits per heavy atom. The topological polar surface area (TPSA) is 57.4 Å². The molecule has 0 fully saturated rings.